The van der Waals surface area contributed by atoms with E-state index in [2.05, 4.69) is 5.10 Å². The average molecular weight is 456 g/mol. The van der Waals surface area contributed by atoms with Crippen LogP contribution in [0.2, 0.25) is 0 Å². The third-order valence-electron chi connectivity index (χ3n) is 5.43. The van der Waals surface area contributed by atoms with E-state index in [0.717, 1.165) is 5.69 Å². The normalized spacial score (nSPS) is 22.4. The summed E-state index contributed by atoms with van der Waals surface area (Å²) >= 11 is 5.67. The minimum atomic E-state index is -1.21. The number of aliphatic hydroxyl groups excluding tert-OH is 1. The number of carbonyl (C=O) groups is 3. The Morgan fingerprint density at radius 1 is 1.39 bits per heavy atom. The number of amides is 3. The number of alkyl halides is 1. The molecule has 2 aliphatic heterocycles. The first-order valence-electron chi connectivity index (χ1n) is 10.3. The number of halogens is 1. The van der Waals surface area contributed by atoms with Gasteiger partial charge in [0.05, 0.1) is 49.3 Å². The molecule has 11 heteroatoms. The largest absolute Gasteiger partial charge is 0.444 e. The van der Waals surface area contributed by atoms with Crippen molar-refractivity contribution < 1.29 is 24.2 Å². The molecule has 0 aromatic carbocycles. The summed E-state index contributed by atoms with van der Waals surface area (Å²) in [6.07, 6.45) is 1.33. The van der Waals surface area contributed by atoms with E-state index in [1.807, 2.05) is 27.7 Å². The van der Waals surface area contributed by atoms with E-state index in [1.165, 1.54) is 11.8 Å². The minimum Gasteiger partial charge on any atom is -0.444 e. The van der Waals surface area contributed by atoms with Gasteiger partial charge in [-0.1, -0.05) is 11.6 Å². The zero-order valence-corrected chi connectivity index (χ0v) is 19.3. The lowest BCUT2D eigenvalue weighted by molar-refractivity contribution is -0.131. The summed E-state index contributed by atoms with van der Waals surface area (Å²) in [6.45, 7) is 9.71. The van der Waals surface area contributed by atoms with Crippen LogP contribution >= 0.6 is 11.6 Å². The number of fused-ring (bicyclic) bond motifs is 1. The van der Waals surface area contributed by atoms with Crippen LogP contribution in [0.5, 0.6) is 0 Å². The highest BCUT2D eigenvalue weighted by Crippen LogP contribution is 2.32. The Labute approximate surface area is 186 Å². The molecule has 2 aliphatic rings. The zero-order valence-electron chi connectivity index (χ0n) is 18.5. The minimum absolute atomic E-state index is 0.0568. The second-order valence-electron chi connectivity index (χ2n) is 9.08. The molecule has 0 spiro atoms. The molecule has 3 atom stereocenters. The van der Waals surface area contributed by atoms with Crippen LogP contribution in [0.3, 0.4) is 0 Å². The molecule has 0 saturated carbocycles. The number of nitrogens with zero attached hydrogens (tertiary/aromatic N) is 5. The molecule has 3 heterocycles. The van der Waals surface area contributed by atoms with Gasteiger partial charge in [0.25, 0.3) is 0 Å². The van der Waals surface area contributed by atoms with Crippen molar-refractivity contribution in [3.05, 3.63) is 11.9 Å². The number of hydrogen-bond acceptors (Lipinski definition) is 6. The van der Waals surface area contributed by atoms with Crippen molar-refractivity contribution in [1.82, 2.24) is 19.6 Å². The maximum atomic E-state index is 12.8. The van der Waals surface area contributed by atoms with Crippen molar-refractivity contribution in [1.29, 1.82) is 0 Å². The highest BCUT2D eigenvalue weighted by molar-refractivity contribution is 6.19. The highest BCUT2D eigenvalue weighted by atomic mass is 35.5. The number of ether oxygens (including phenoxy) is 1. The molecule has 3 rings (SSSR count). The van der Waals surface area contributed by atoms with Gasteiger partial charge < -0.3 is 19.6 Å². The van der Waals surface area contributed by atoms with E-state index in [-0.39, 0.29) is 43.9 Å². The fourth-order valence-electron chi connectivity index (χ4n) is 4.00. The zero-order chi connectivity index (χ0) is 23.1. The third-order valence-corrected chi connectivity index (χ3v) is 5.57. The third kappa shape index (κ3) is 5.12. The lowest BCUT2D eigenvalue weighted by Gasteiger charge is -2.36. The molecule has 172 valence electrons. The number of aromatic nitrogens is 2. The molecule has 2 unspecified atom stereocenters. The molecule has 1 N–H and O–H groups in total. The fourth-order valence-corrected chi connectivity index (χ4v) is 4.15. The van der Waals surface area contributed by atoms with E-state index in [0.29, 0.717) is 12.2 Å². The van der Waals surface area contributed by atoms with Crippen molar-refractivity contribution in [2.75, 3.05) is 18.0 Å². The van der Waals surface area contributed by atoms with Gasteiger partial charge in [-0.05, 0) is 27.7 Å². The maximum absolute atomic E-state index is 12.8. The van der Waals surface area contributed by atoms with Crippen molar-refractivity contribution in [2.45, 2.75) is 77.4 Å². The van der Waals surface area contributed by atoms with Crippen LogP contribution in [0.25, 0.3) is 0 Å². The molecule has 0 bridgehead atoms. The molecule has 0 radical (unpaired) electrons. The van der Waals surface area contributed by atoms with Crippen molar-refractivity contribution >= 4 is 35.2 Å². The molecule has 3 amide bonds. The highest BCUT2D eigenvalue weighted by Gasteiger charge is 2.40. The fraction of sp³-hybridized carbons (Fsp3) is 0.700. The number of hydrogen-bond donors (Lipinski definition) is 1. The van der Waals surface area contributed by atoms with Crippen molar-refractivity contribution in [3.63, 3.8) is 0 Å². The summed E-state index contributed by atoms with van der Waals surface area (Å²) in [5.74, 6) is -0.417. The van der Waals surface area contributed by atoms with Gasteiger partial charge in [0, 0.05) is 19.9 Å². The van der Waals surface area contributed by atoms with Crippen LogP contribution < -0.4 is 4.90 Å². The second-order valence-corrected chi connectivity index (χ2v) is 9.59. The molecule has 1 aromatic heterocycles. The van der Waals surface area contributed by atoms with E-state index < -0.39 is 23.3 Å². The van der Waals surface area contributed by atoms with Gasteiger partial charge >= 0.3 is 6.09 Å². The van der Waals surface area contributed by atoms with Crippen LogP contribution in [0.1, 0.15) is 46.7 Å². The summed E-state index contributed by atoms with van der Waals surface area (Å²) in [4.78, 5) is 42.1. The monoisotopic (exact) mass is 455 g/mol. The summed E-state index contributed by atoms with van der Waals surface area (Å²) in [5.41, 5.74) is -0.466. The Morgan fingerprint density at radius 2 is 2.06 bits per heavy atom. The van der Waals surface area contributed by atoms with Crippen LogP contribution in [0.4, 0.5) is 10.5 Å². The van der Waals surface area contributed by atoms with Gasteiger partial charge in [0.15, 0.2) is 0 Å². The molecule has 1 saturated heterocycles. The first kappa shape index (κ1) is 23.3. The van der Waals surface area contributed by atoms with Crippen molar-refractivity contribution in [3.8, 4) is 0 Å². The van der Waals surface area contributed by atoms with Crippen LogP contribution in [0.15, 0.2) is 6.20 Å². The van der Waals surface area contributed by atoms with Gasteiger partial charge in [-0.25, -0.2) is 4.79 Å². The first-order chi connectivity index (χ1) is 14.4. The quantitative estimate of drug-likeness (QED) is 0.690. The topological polar surface area (TPSA) is 108 Å². The molecule has 1 fully saturated rings. The Balaban J connectivity index is 1.81. The van der Waals surface area contributed by atoms with E-state index in [9.17, 15) is 19.5 Å². The smallest absolute Gasteiger partial charge is 0.410 e. The van der Waals surface area contributed by atoms with E-state index in [4.69, 9.17) is 16.3 Å². The van der Waals surface area contributed by atoms with Gasteiger partial charge in [-0.15, -0.1) is 0 Å². The SMILES string of the molecule is CC(=O)N(CC(O)Cl)C1CC(=O)N(c2cnn3c2CN(C(=O)OC(C)(C)C)[C@@H](C)C3)C1. The number of carbonyl (C=O) groups excluding carboxylic acids is 3. The first-order valence-corrected chi connectivity index (χ1v) is 10.7. The molecular weight excluding hydrogens is 426 g/mol. The van der Waals surface area contributed by atoms with Gasteiger partial charge in [-0.2, -0.15) is 5.10 Å². The molecule has 10 nitrogen and oxygen atoms in total. The standard InChI is InChI=1S/C20H30ClN5O5/c1-12-8-26-16(10-23(12)19(30)31-20(3,4)5)15(7-22-26)25-9-14(6-18(25)29)24(13(2)27)11-17(21)28/h7,12,14,17,28H,6,8-11H2,1-5H3/t12-,14?,17?/m0/s1. The average Bonchev–Trinajstić information content (AvgIpc) is 3.19. The van der Waals surface area contributed by atoms with Crippen LogP contribution in [-0.4, -0.2) is 78.9 Å². The summed E-state index contributed by atoms with van der Waals surface area (Å²) in [5, 5.41) is 13.9. The lowest BCUT2D eigenvalue weighted by atomic mass is 10.2. The predicted molar refractivity (Wildman–Crippen MR) is 113 cm³/mol. The van der Waals surface area contributed by atoms with Gasteiger partial charge in [0.1, 0.15) is 11.2 Å². The van der Waals surface area contributed by atoms with Gasteiger partial charge in [0.2, 0.25) is 11.8 Å². The molecular formula is C20H30ClN5O5. The number of aliphatic hydroxyl groups is 1. The summed E-state index contributed by atoms with van der Waals surface area (Å²) in [6, 6.07) is -0.519. The predicted octanol–water partition coefficient (Wildman–Crippen LogP) is 1.53. The molecule has 1 aromatic rings. The van der Waals surface area contributed by atoms with Gasteiger partial charge in [-0.3, -0.25) is 19.2 Å². The Bertz CT molecular complexity index is 865. The number of anilines is 1. The maximum Gasteiger partial charge on any atom is 0.410 e. The van der Waals surface area contributed by atoms with Crippen LogP contribution in [0, 0.1) is 0 Å². The summed E-state index contributed by atoms with van der Waals surface area (Å²) in [7, 11) is 0. The van der Waals surface area contributed by atoms with Crippen LogP contribution in [-0.2, 0) is 27.4 Å². The van der Waals surface area contributed by atoms with E-state index >= 15 is 0 Å². The molecule has 0 aliphatic carbocycles. The van der Waals surface area contributed by atoms with E-state index in [1.54, 1.807) is 20.7 Å². The summed E-state index contributed by atoms with van der Waals surface area (Å²) < 4.78 is 7.33. The second kappa shape index (κ2) is 8.66. The van der Waals surface area contributed by atoms with Crippen molar-refractivity contribution in [2.24, 2.45) is 0 Å². The number of rotatable bonds is 4. The lowest BCUT2D eigenvalue weighted by Crippen LogP contribution is -2.47. The Kier molecular flexibility index (Phi) is 6.52. The molecule has 31 heavy (non-hydrogen) atoms. The Morgan fingerprint density at radius 3 is 2.65 bits per heavy atom. The Hall–Kier alpha value is -2.33.